The highest BCUT2D eigenvalue weighted by molar-refractivity contribution is 5.81. The summed E-state index contributed by atoms with van der Waals surface area (Å²) >= 11 is 0. The first-order valence-electron chi connectivity index (χ1n) is 7.44. The van der Waals surface area contributed by atoms with E-state index in [9.17, 15) is 4.79 Å². The molecule has 0 radical (unpaired) electrons. The molecule has 0 spiro atoms. The molecule has 1 amide bonds. The average molecular weight is 276 g/mol. The topological polar surface area (TPSA) is 41.6 Å². The summed E-state index contributed by atoms with van der Waals surface area (Å²) in [5, 5.41) is 3.30. The second-order valence-corrected chi connectivity index (χ2v) is 5.22. The molecule has 110 valence electrons. The Balaban J connectivity index is 1.84. The molecular formula is C16H24N2O2. The van der Waals surface area contributed by atoms with Gasteiger partial charge in [-0.25, -0.2) is 0 Å². The van der Waals surface area contributed by atoms with Gasteiger partial charge in [-0.1, -0.05) is 12.1 Å². The van der Waals surface area contributed by atoms with E-state index in [1.165, 1.54) is 0 Å². The van der Waals surface area contributed by atoms with Crippen LogP contribution in [0.2, 0.25) is 0 Å². The van der Waals surface area contributed by atoms with Crippen LogP contribution < -0.4 is 10.1 Å². The molecule has 20 heavy (non-hydrogen) atoms. The van der Waals surface area contributed by atoms with Crippen LogP contribution in [0.1, 0.15) is 32.3 Å². The maximum absolute atomic E-state index is 12.2. The first-order chi connectivity index (χ1) is 9.70. The van der Waals surface area contributed by atoms with E-state index in [1.54, 1.807) is 0 Å². The van der Waals surface area contributed by atoms with Crippen molar-refractivity contribution in [2.24, 2.45) is 0 Å². The molecule has 1 atom stereocenters. The highest BCUT2D eigenvalue weighted by Gasteiger charge is 2.22. The predicted octanol–water partition coefficient (Wildman–Crippen LogP) is 2.19. The van der Waals surface area contributed by atoms with E-state index in [-0.39, 0.29) is 11.9 Å². The quantitative estimate of drug-likeness (QED) is 0.866. The first-order valence-corrected chi connectivity index (χ1v) is 7.44. The minimum Gasteiger partial charge on any atom is -0.494 e. The molecule has 1 aromatic rings. The number of hydrogen-bond donors (Lipinski definition) is 1. The molecule has 1 aliphatic heterocycles. The second-order valence-electron chi connectivity index (χ2n) is 5.22. The number of nitrogens with one attached hydrogen (secondary N) is 1. The van der Waals surface area contributed by atoms with Gasteiger partial charge < -0.3 is 15.0 Å². The van der Waals surface area contributed by atoms with Gasteiger partial charge >= 0.3 is 0 Å². The average Bonchev–Trinajstić information content (AvgIpc) is 2.99. The van der Waals surface area contributed by atoms with Crippen molar-refractivity contribution in [1.29, 1.82) is 0 Å². The van der Waals surface area contributed by atoms with E-state index < -0.39 is 0 Å². The normalized spacial score (nSPS) is 16.2. The Kier molecular flexibility index (Phi) is 5.41. The standard InChI is InChI=1S/C16H24N2O2/c1-3-20-15-8-6-7-14(11-15)12-17-13(2)16(19)18-9-4-5-10-18/h6-8,11,13,17H,3-5,9-10,12H2,1-2H3/t13-/m1/s1. The number of carbonyl (C=O) groups is 1. The lowest BCUT2D eigenvalue weighted by Gasteiger charge is -2.21. The molecule has 0 unspecified atom stereocenters. The smallest absolute Gasteiger partial charge is 0.239 e. The lowest BCUT2D eigenvalue weighted by molar-refractivity contribution is -0.131. The Bertz CT molecular complexity index is 442. The van der Waals surface area contributed by atoms with Crippen molar-refractivity contribution >= 4 is 5.91 Å². The van der Waals surface area contributed by atoms with Crippen LogP contribution >= 0.6 is 0 Å². The van der Waals surface area contributed by atoms with Crippen LogP contribution in [0.15, 0.2) is 24.3 Å². The number of likely N-dealkylation sites (tertiary alicyclic amines) is 1. The van der Waals surface area contributed by atoms with Gasteiger partial charge in [-0.15, -0.1) is 0 Å². The molecule has 1 fully saturated rings. The van der Waals surface area contributed by atoms with Crippen LogP contribution in [0.25, 0.3) is 0 Å². The van der Waals surface area contributed by atoms with Crippen LogP contribution in [0.5, 0.6) is 5.75 Å². The maximum atomic E-state index is 12.2. The highest BCUT2D eigenvalue weighted by atomic mass is 16.5. The molecule has 1 saturated heterocycles. The fourth-order valence-corrected chi connectivity index (χ4v) is 2.48. The minimum absolute atomic E-state index is 0.135. The number of hydrogen-bond acceptors (Lipinski definition) is 3. The molecule has 1 aliphatic rings. The number of amides is 1. The van der Waals surface area contributed by atoms with Gasteiger partial charge in [0.15, 0.2) is 0 Å². The number of rotatable bonds is 6. The summed E-state index contributed by atoms with van der Waals surface area (Å²) < 4.78 is 5.48. The lowest BCUT2D eigenvalue weighted by atomic mass is 10.2. The van der Waals surface area contributed by atoms with Crippen LogP contribution in [0, 0.1) is 0 Å². The second kappa shape index (κ2) is 7.29. The van der Waals surface area contributed by atoms with Gasteiger partial charge in [-0.3, -0.25) is 4.79 Å². The van der Waals surface area contributed by atoms with Crippen molar-refractivity contribution in [1.82, 2.24) is 10.2 Å². The van der Waals surface area contributed by atoms with Crippen molar-refractivity contribution in [3.05, 3.63) is 29.8 Å². The van der Waals surface area contributed by atoms with E-state index in [0.29, 0.717) is 13.2 Å². The van der Waals surface area contributed by atoms with E-state index in [2.05, 4.69) is 5.32 Å². The lowest BCUT2D eigenvalue weighted by Crippen LogP contribution is -2.43. The monoisotopic (exact) mass is 276 g/mol. The summed E-state index contributed by atoms with van der Waals surface area (Å²) in [6.07, 6.45) is 2.27. The third-order valence-electron chi connectivity index (χ3n) is 3.61. The van der Waals surface area contributed by atoms with Crippen LogP contribution in [-0.2, 0) is 11.3 Å². The Morgan fingerprint density at radius 3 is 2.85 bits per heavy atom. The van der Waals surface area contributed by atoms with Gasteiger partial charge in [0.2, 0.25) is 5.91 Å². The van der Waals surface area contributed by atoms with Gasteiger partial charge in [0.25, 0.3) is 0 Å². The predicted molar refractivity (Wildman–Crippen MR) is 79.7 cm³/mol. The molecule has 0 aliphatic carbocycles. The van der Waals surface area contributed by atoms with Crippen molar-refractivity contribution in [2.45, 2.75) is 39.3 Å². The molecule has 1 aromatic carbocycles. The Hall–Kier alpha value is -1.55. The molecule has 2 rings (SSSR count). The third kappa shape index (κ3) is 3.97. The molecule has 4 nitrogen and oxygen atoms in total. The summed E-state index contributed by atoms with van der Waals surface area (Å²) in [6.45, 7) is 7.08. The van der Waals surface area contributed by atoms with Crippen molar-refractivity contribution in [2.75, 3.05) is 19.7 Å². The van der Waals surface area contributed by atoms with Gasteiger partial charge in [-0.05, 0) is 44.4 Å². The first kappa shape index (κ1) is 14.9. The molecule has 4 heteroatoms. The van der Waals surface area contributed by atoms with E-state index >= 15 is 0 Å². The molecular weight excluding hydrogens is 252 g/mol. The zero-order valence-corrected chi connectivity index (χ0v) is 12.4. The molecule has 1 heterocycles. The number of carbonyl (C=O) groups excluding carboxylic acids is 1. The SMILES string of the molecule is CCOc1cccc(CN[C@H](C)C(=O)N2CCCC2)c1. The van der Waals surface area contributed by atoms with Gasteiger partial charge in [0.05, 0.1) is 12.6 Å². The van der Waals surface area contributed by atoms with E-state index in [1.807, 2.05) is 43.0 Å². The third-order valence-corrected chi connectivity index (χ3v) is 3.61. The highest BCUT2D eigenvalue weighted by Crippen LogP contribution is 2.14. The van der Waals surface area contributed by atoms with E-state index in [4.69, 9.17) is 4.74 Å². The van der Waals surface area contributed by atoms with Crippen molar-refractivity contribution in [3.63, 3.8) is 0 Å². The summed E-state index contributed by atoms with van der Waals surface area (Å²) in [7, 11) is 0. The molecule has 0 saturated carbocycles. The maximum Gasteiger partial charge on any atom is 0.239 e. The van der Waals surface area contributed by atoms with Gasteiger partial charge in [0.1, 0.15) is 5.75 Å². The summed E-state index contributed by atoms with van der Waals surface area (Å²) in [6, 6.07) is 7.86. The van der Waals surface area contributed by atoms with Gasteiger partial charge in [0, 0.05) is 19.6 Å². The molecule has 0 aromatic heterocycles. The number of ether oxygens (including phenoxy) is 1. The van der Waals surface area contributed by atoms with Crippen LogP contribution in [-0.4, -0.2) is 36.5 Å². The Morgan fingerprint density at radius 1 is 1.40 bits per heavy atom. The Labute approximate surface area is 121 Å². The summed E-state index contributed by atoms with van der Waals surface area (Å²) in [4.78, 5) is 14.1. The number of nitrogens with zero attached hydrogens (tertiary/aromatic N) is 1. The zero-order valence-electron chi connectivity index (χ0n) is 12.4. The molecule has 1 N–H and O–H groups in total. The number of benzene rings is 1. The van der Waals surface area contributed by atoms with Crippen molar-refractivity contribution < 1.29 is 9.53 Å². The summed E-state index contributed by atoms with van der Waals surface area (Å²) in [5.74, 6) is 1.09. The minimum atomic E-state index is -0.135. The van der Waals surface area contributed by atoms with E-state index in [0.717, 1.165) is 37.2 Å². The van der Waals surface area contributed by atoms with Crippen LogP contribution in [0.4, 0.5) is 0 Å². The van der Waals surface area contributed by atoms with Crippen LogP contribution in [0.3, 0.4) is 0 Å². The van der Waals surface area contributed by atoms with Gasteiger partial charge in [-0.2, -0.15) is 0 Å². The Morgan fingerprint density at radius 2 is 2.15 bits per heavy atom. The van der Waals surface area contributed by atoms with Crippen molar-refractivity contribution in [3.8, 4) is 5.75 Å². The largest absolute Gasteiger partial charge is 0.494 e. The zero-order chi connectivity index (χ0) is 14.4. The summed E-state index contributed by atoms with van der Waals surface area (Å²) in [5.41, 5.74) is 1.14. The molecule has 0 bridgehead atoms. The fourth-order valence-electron chi connectivity index (χ4n) is 2.48. The fraction of sp³-hybridized carbons (Fsp3) is 0.562.